The van der Waals surface area contributed by atoms with E-state index in [0.29, 0.717) is 34.9 Å². The zero-order chi connectivity index (χ0) is 24.5. The Morgan fingerprint density at radius 2 is 1.78 bits per heavy atom. The van der Waals surface area contributed by atoms with Crippen LogP contribution in [0, 0.1) is 0 Å². The number of hydrogen-bond donors (Lipinski definition) is 1. The van der Waals surface area contributed by atoms with E-state index in [1.54, 1.807) is 47.9 Å². The van der Waals surface area contributed by atoms with Crippen LogP contribution in [0.3, 0.4) is 0 Å². The van der Waals surface area contributed by atoms with E-state index >= 15 is 0 Å². The lowest BCUT2D eigenvalue weighted by Crippen LogP contribution is -2.47. The van der Waals surface area contributed by atoms with Gasteiger partial charge in [0.15, 0.2) is 11.5 Å². The standard InChI is InChI=1S/C28H22N4O4/c33-27(31-15-18-9-12-29-13-10-18)25-21-5-1-2-6-22(21)28(34)32(26(25)19-4-3-11-30-16-19)20-7-8-23-24(14-20)36-17-35-23/h1-14,16,25-26H,15,17H2,(H,31,33)/t25-,26-/m0/s1. The van der Waals surface area contributed by atoms with Gasteiger partial charge < -0.3 is 14.8 Å². The molecular formula is C28H22N4O4. The van der Waals surface area contributed by atoms with Gasteiger partial charge in [-0.1, -0.05) is 24.3 Å². The Morgan fingerprint density at radius 1 is 0.944 bits per heavy atom. The molecule has 6 rings (SSSR count). The first-order valence-corrected chi connectivity index (χ1v) is 11.6. The highest BCUT2D eigenvalue weighted by atomic mass is 16.7. The highest BCUT2D eigenvalue weighted by molar-refractivity contribution is 6.11. The average molecular weight is 479 g/mol. The van der Waals surface area contributed by atoms with Gasteiger partial charge in [-0.3, -0.25) is 24.5 Å². The van der Waals surface area contributed by atoms with Crippen molar-refractivity contribution in [3.8, 4) is 11.5 Å². The minimum atomic E-state index is -0.671. The Hall–Kier alpha value is -4.72. The van der Waals surface area contributed by atoms with Gasteiger partial charge in [0, 0.05) is 48.6 Å². The molecule has 0 bridgehead atoms. The predicted octanol–water partition coefficient (Wildman–Crippen LogP) is 4.01. The average Bonchev–Trinajstić information content (AvgIpc) is 3.41. The molecule has 2 aromatic heterocycles. The number of pyridine rings is 2. The number of carbonyl (C=O) groups excluding carboxylic acids is 2. The Kier molecular flexibility index (Phi) is 5.53. The van der Waals surface area contributed by atoms with Crippen molar-refractivity contribution >= 4 is 17.5 Å². The van der Waals surface area contributed by atoms with Crippen molar-refractivity contribution in [1.29, 1.82) is 0 Å². The van der Waals surface area contributed by atoms with Crippen LogP contribution in [-0.4, -0.2) is 28.6 Å². The van der Waals surface area contributed by atoms with Crippen LogP contribution >= 0.6 is 0 Å². The second-order valence-electron chi connectivity index (χ2n) is 8.58. The Balaban J connectivity index is 1.47. The summed E-state index contributed by atoms with van der Waals surface area (Å²) in [6, 6.07) is 19.4. The summed E-state index contributed by atoms with van der Waals surface area (Å²) in [5.74, 6) is 0.120. The molecule has 0 aliphatic carbocycles. The lowest BCUT2D eigenvalue weighted by atomic mass is 9.79. The maximum atomic E-state index is 13.9. The van der Waals surface area contributed by atoms with E-state index in [2.05, 4.69) is 15.3 Å². The molecule has 178 valence electrons. The molecule has 2 amide bonds. The van der Waals surface area contributed by atoms with Crippen LogP contribution in [0.2, 0.25) is 0 Å². The van der Waals surface area contributed by atoms with E-state index in [1.165, 1.54) is 0 Å². The van der Waals surface area contributed by atoms with Crippen LogP contribution in [0.15, 0.2) is 91.5 Å². The van der Waals surface area contributed by atoms with Gasteiger partial charge in [-0.15, -0.1) is 0 Å². The summed E-state index contributed by atoms with van der Waals surface area (Å²) in [6.07, 6.45) is 6.76. The zero-order valence-electron chi connectivity index (χ0n) is 19.2. The summed E-state index contributed by atoms with van der Waals surface area (Å²) in [5.41, 5.74) is 3.46. The molecule has 2 aliphatic rings. The molecule has 8 nitrogen and oxygen atoms in total. The molecule has 8 heteroatoms. The lowest BCUT2D eigenvalue weighted by Gasteiger charge is -2.41. The van der Waals surface area contributed by atoms with Crippen LogP contribution in [0.1, 0.15) is 39.0 Å². The topological polar surface area (TPSA) is 93.7 Å². The summed E-state index contributed by atoms with van der Waals surface area (Å²) >= 11 is 0. The van der Waals surface area contributed by atoms with Gasteiger partial charge in [0.2, 0.25) is 12.7 Å². The lowest BCUT2D eigenvalue weighted by molar-refractivity contribution is -0.123. The van der Waals surface area contributed by atoms with E-state index in [9.17, 15) is 9.59 Å². The molecule has 0 fully saturated rings. The second-order valence-corrected chi connectivity index (χ2v) is 8.58. The quantitative estimate of drug-likeness (QED) is 0.466. The molecule has 4 aromatic rings. The molecule has 0 spiro atoms. The first-order chi connectivity index (χ1) is 17.7. The van der Waals surface area contributed by atoms with Crippen molar-refractivity contribution < 1.29 is 19.1 Å². The van der Waals surface area contributed by atoms with E-state index in [0.717, 1.165) is 11.1 Å². The third-order valence-corrected chi connectivity index (χ3v) is 6.50. The van der Waals surface area contributed by atoms with Crippen molar-refractivity contribution in [2.75, 3.05) is 11.7 Å². The molecule has 0 unspecified atom stereocenters. The number of rotatable bonds is 5. The largest absolute Gasteiger partial charge is 0.454 e. The minimum Gasteiger partial charge on any atom is -0.454 e. The van der Waals surface area contributed by atoms with Crippen molar-refractivity contribution in [1.82, 2.24) is 15.3 Å². The molecule has 0 saturated heterocycles. The normalized spacial score (nSPS) is 18.0. The van der Waals surface area contributed by atoms with E-state index < -0.39 is 12.0 Å². The predicted molar refractivity (Wildman–Crippen MR) is 132 cm³/mol. The fourth-order valence-corrected chi connectivity index (χ4v) is 4.83. The highest BCUT2D eigenvalue weighted by Crippen LogP contribution is 2.46. The number of hydrogen-bond acceptors (Lipinski definition) is 6. The van der Waals surface area contributed by atoms with Crippen molar-refractivity contribution in [3.05, 3.63) is 114 Å². The number of aromatic nitrogens is 2. The number of amides is 2. The molecule has 1 N–H and O–H groups in total. The smallest absolute Gasteiger partial charge is 0.259 e. The zero-order valence-corrected chi connectivity index (χ0v) is 19.2. The Morgan fingerprint density at radius 3 is 2.61 bits per heavy atom. The maximum Gasteiger partial charge on any atom is 0.259 e. The van der Waals surface area contributed by atoms with Crippen LogP contribution in [-0.2, 0) is 11.3 Å². The molecule has 4 heterocycles. The molecule has 0 saturated carbocycles. The SMILES string of the molecule is O=C(NCc1ccncc1)[C@H]1c2ccccc2C(=O)N(c2ccc3c(c2)OCO3)[C@H]1c1cccnc1. The van der Waals surface area contributed by atoms with E-state index in [-0.39, 0.29) is 18.6 Å². The fourth-order valence-electron chi connectivity index (χ4n) is 4.83. The fraction of sp³-hybridized carbons (Fsp3) is 0.143. The molecule has 36 heavy (non-hydrogen) atoms. The van der Waals surface area contributed by atoms with Crippen molar-refractivity contribution in [2.45, 2.75) is 18.5 Å². The van der Waals surface area contributed by atoms with Gasteiger partial charge in [-0.25, -0.2) is 0 Å². The van der Waals surface area contributed by atoms with Gasteiger partial charge in [0.25, 0.3) is 5.91 Å². The summed E-state index contributed by atoms with van der Waals surface area (Å²) in [7, 11) is 0. The summed E-state index contributed by atoms with van der Waals surface area (Å²) in [5, 5.41) is 3.07. The maximum absolute atomic E-state index is 13.9. The van der Waals surface area contributed by atoms with Gasteiger partial charge in [-0.05, 0) is 53.1 Å². The van der Waals surface area contributed by atoms with Crippen molar-refractivity contribution in [3.63, 3.8) is 0 Å². The summed E-state index contributed by atoms with van der Waals surface area (Å²) in [6.45, 7) is 0.472. The number of ether oxygens (including phenoxy) is 2. The minimum absolute atomic E-state index is 0.127. The monoisotopic (exact) mass is 478 g/mol. The van der Waals surface area contributed by atoms with E-state index in [4.69, 9.17) is 9.47 Å². The van der Waals surface area contributed by atoms with Crippen molar-refractivity contribution in [2.24, 2.45) is 0 Å². The van der Waals surface area contributed by atoms with Crippen LogP contribution < -0.4 is 19.7 Å². The first kappa shape index (κ1) is 21.8. The van der Waals surface area contributed by atoms with Gasteiger partial charge in [0.1, 0.15) is 0 Å². The Bertz CT molecular complexity index is 1430. The van der Waals surface area contributed by atoms with Crippen LogP contribution in [0.4, 0.5) is 5.69 Å². The number of nitrogens with one attached hydrogen (secondary N) is 1. The van der Waals surface area contributed by atoms with Gasteiger partial charge >= 0.3 is 0 Å². The van der Waals surface area contributed by atoms with Crippen LogP contribution in [0.25, 0.3) is 0 Å². The van der Waals surface area contributed by atoms with Gasteiger partial charge in [0.05, 0.1) is 12.0 Å². The number of nitrogens with zero attached hydrogens (tertiary/aromatic N) is 3. The Labute approximate surface area is 207 Å². The molecular weight excluding hydrogens is 456 g/mol. The van der Waals surface area contributed by atoms with Gasteiger partial charge in [-0.2, -0.15) is 0 Å². The number of anilines is 1. The molecule has 2 aromatic carbocycles. The molecule has 2 aliphatic heterocycles. The highest BCUT2D eigenvalue weighted by Gasteiger charge is 2.45. The summed E-state index contributed by atoms with van der Waals surface area (Å²) in [4.78, 5) is 37.8. The molecule has 2 atom stereocenters. The first-order valence-electron chi connectivity index (χ1n) is 11.6. The number of fused-ring (bicyclic) bond motifs is 2. The third kappa shape index (κ3) is 3.82. The number of carbonyl (C=O) groups is 2. The van der Waals surface area contributed by atoms with E-state index in [1.807, 2.05) is 48.5 Å². The summed E-state index contributed by atoms with van der Waals surface area (Å²) < 4.78 is 11.0. The third-order valence-electron chi connectivity index (χ3n) is 6.50. The number of benzene rings is 2. The second kappa shape index (κ2) is 9.14. The van der Waals surface area contributed by atoms with Crippen LogP contribution in [0.5, 0.6) is 11.5 Å². The molecule has 0 radical (unpaired) electrons.